The van der Waals surface area contributed by atoms with Crippen molar-refractivity contribution in [3.63, 3.8) is 0 Å². The summed E-state index contributed by atoms with van der Waals surface area (Å²) in [6.07, 6.45) is -12.1. The lowest BCUT2D eigenvalue weighted by molar-refractivity contribution is -0.264. The Balaban J connectivity index is 2.07. The Kier molecular flexibility index (Phi) is 16.1. The molecule has 2 saturated heterocycles. The van der Waals surface area contributed by atoms with Crippen LogP contribution in [0.3, 0.4) is 0 Å². The number of rotatable bonds is 14. The minimum absolute atomic E-state index is 0.255. The molecule has 308 valence electrons. The number of carbonyl (C=O) groups excluding carboxylic acids is 9. The minimum atomic E-state index is -1.79. The smallest absolute Gasteiger partial charge is 0.344 e. The number of amides is 2. The molecule has 3 rings (SSSR count). The lowest BCUT2D eigenvalue weighted by atomic mass is 9.96. The fourth-order valence-electron chi connectivity index (χ4n) is 5.81. The summed E-state index contributed by atoms with van der Waals surface area (Å²) in [4.78, 5) is 111. The molecule has 0 unspecified atom stereocenters. The van der Waals surface area contributed by atoms with Gasteiger partial charge in [-0.25, -0.2) is 4.79 Å². The van der Waals surface area contributed by atoms with Gasteiger partial charge >= 0.3 is 41.8 Å². The largest absolute Gasteiger partial charge is 0.463 e. The Labute approximate surface area is 320 Å². The van der Waals surface area contributed by atoms with Gasteiger partial charge in [0.25, 0.3) is 0 Å². The summed E-state index contributed by atoms with van der Waals surface area (Å²) in [5.41, 5.74) is -0.312. The van der Waals surface area contributed by atoms with Gasteiger partial charge in [0.2, 0.25) is 24.4 Å². The topological polar surface area (TPSA) is 270 Å². The van der Waals surface area contributed by atoms with E-state index >= 15 is 0 Å². The zero-order valence-corrected chi connectivity index (χ0v) is 31.8. The van der Waals surface area contributed by atoms with Gasteiger partial charge in [-0.05, 0) is 12.1 Å². The Morgan fingerprint density at radius 1 is 0.518 bits per heavy atom. The van der Waals surface area contributed by atoms with E-state index in [1.165, 1.54) is 24.3 Å². The highest BCUT2D eigenvalue weighted by Gasteiger charge is 2.54. The van der Waals surface area contributed by atoms with Crippen LogP contribution in [-0.2, 0) is 81.0 Å². The molecule has 2 heterocycles. The number of para-hydroxylation sites is 1. The standard InChI is InChI=1S/C35H44N2O19/c1-15(38)36-27-31(51-21(7)44)29(49-19(5)42)25(13-47-17(3)40)54-34(27)53-24-12-10-9-11-23(24)33(46)56-35-28(37-16(2)39)32(52-22(8)45)30(50-20(6)43)26(55-35)14-48-18(4)41/h9-12,25-32,34-35H,13-14H2,1-8H3,(H,36,38)(H,37,39)/t25-,26-,27-,28+,29+,30+,31-,32+,34+,35-/m0/s1. The maximum atomic E-state index is 14.0. The molecule has 0 spiro atoms. The molecule has 2 fully saturated rings. The lowest BCUT2D eigenvalue weighted by Gasteiger charge is -2.45. The second-order valence-electron chi connectivity index (χ2n) is 12.5. The van der Waals surface area contributed by atoms with Crippen LogP contribution < -0.4 is 15.4 Å². The molecule has 2 aliphatic rings. The van der Waals surface area contributed by atoms with Crippen molar-refractivity contribution in [2.24, 2.45) is 0 Å². The average molecular weight is 797 g/mol. The summed E-state index contributed by atoms with van der Waals surface area (Å²) in [7, 11) is 0. The Bertz CT molecular complexity index is 1660. The maximum absolute atomic E-state index is 14.0. The van der Waals surface area contributed by atoms with E-state index in [1.807, 2.05) is 0 Å². The molecule has 56 heavy (non-hydrogen) atoms. The second-order valence-corrected chi connectivity index (χ2v) is 12.5. The van der Waals surface area contributed by atoms with E-state index < -0.39 is 128 Å². The van der Waals surface area contributed by atoms with Crippen LogP contribution in [0.4, 0.5) is 0 Å². The number of hydrogen-bond acceptors (Lipinski definition) is 19. The van der Waals surface area contributed by atoms with Crippen molar-refractivity contribution < 1.29 is 90.5 Å². The normalized spacial score (nSPS) is 26.9. The highest BCUT2D eigenvalue weighted by Crippen LogP contribution is 2.33. The van der Waals surface area contributed by atoms with Crippen molar-refractivity contribution in [3.8, 4) is 5.75 Å². The van der Waals surface area contributed by atoms with Gasteiger partial charge < -0.3 is 58.0 Å². The summed E-state index contributed by atoms with van der Waals surface area (Å²) in [6.45, 7) is 7.58. The van der Waals surface area contributed by atoms with Crippen molar-refractivity contribution in [3.05, 3.63) is 29.8 Å². The first-order chi connectivity index (χ1) is 26.3. The highest BCUT2D eigenvalue weighted by atomic mass is 16.7. The van der Waals surface area contributed by atoms with Crippen molar-refractivity contribution in [2.45, 2.75) is 117 Å². The van der Waals surface area contributed by atoms with E-state index in [2.05, 4.69) is 10.6 Å². The predicted molar refractivity (Wildman–Crippen MR) is 180 cm³/mol. The van der Waals surface area contributed by atoms with Gasteiger partial charge in [0.15, 0.2) is 24.4 Å². The molecule has 0 aliphatic carbocycles. The van der Waals surface area contributed by atoms with Crippen LogP contribution in [0.1, 0.15) is 65.7 Å². The van der Waals surface area contributed by atoms with Gasteiger partial charge in [-0.2, -0.15) is 0 Å². The number of benzene rings is 1. The van der Waals surface area contributed by atoms with E-state index in [4.69, 9.17) is 47.4 Å². The molecule has 1 aromatic rings. The number of esters is 7. The maximum Gasteiger partial charge on any atom is 0.344 e. The van der Waals surface area contributed by atoms with Crippen LogP contribution in [0, 0.1) is 0 Å². The number of nitrogens with one attached hydrogen (secondary N) is 2. The fourth-order valence-corrected chi connectivity index (χ4v) is 5.81. The molecule has 2 N–H and O–H groups in total. The summed E-state index contributed by atoms with van der Waals surface area (Å²) in [5, 5.41) is 5.02. The minimum Gasteiger partial charge on any atom is -0.463 e. The third-order valence-corrected chi connectivity index (χ3v) is 7.72. The molecule has 0 bridgehead atoms. The average Bonchev–Trinajstić information content (AvgIpc) is 3.07. The van der Waals surface area contributed by atoms with E-state index in [9.17, 15) is 43.2 Å². The van der Waals surface area contributed by atoms with Crippen LogP contribution >= 0.6 is 0 Å². The van der Waals surface area contributed by atoms with Gasteiger partial charge in [0.05, 0.1) is 0 Å². The zero-order valence-electron chi connectivity index (χ0n) is 31.8. The van der Waals surface area contributed by atoms with Gasteiger partial charge in [0.1, 0.15) is 48.8 Å². The quantitative estimate of drug-likeness (QED) is 0.178. The van der Waals surface area contributed by atoms with E-state index in [0.29, 0.717) is 0 Å². The molecule has 1 aromatic carbocycles. The monoisotopic (exact) mass is 796 g/mol. The molecule has 10 atom stereocenters. The summed E-state index contributed by atoms with van der Waals surface area (Å²) in [5.74, 6) is -7.68. The van der Waals surface area contributed by atoms with Gasteiger partial charge in [-0.3, -0.25) is 38.4 Å². The molecule has 2 amide bonds. The van der Waals surface area contributed by atoms with Crippen molar-refractivity contribution >= 4 is 53.6 Å². The second kappa shape index (κ2) is 20.2. The molecule has 21 heteroatoms. The Morgan fingerprint density at radius 3 is 1.32 bits per heavy atom. The number of carbonyl (C=O) groups is 9. The first-order valence-electron chi connectivity index (χ1n) is 17.0. The van der Waals surface area contributed by atoms with E-state index in [0.717, 1.165) is 55.4 Å². The van der Waals surface area contributed by atoms with Crippen molar-refractivity contribution in [2.75, 3.05) is 13.2 Å². The third kappa shape index (κ3) is 12.9. The molecule has 21 nitrogen and oxygen atoms in total. The molecule has 0 saturated carbocycles. The first kappa shape index (κ1) is 44.6. The predicted octanol–water partition coefficient (Wildman–Crippen LogP) is -0.466. The summed E-state index contributed by atoms with van der Waals surface area (Å²) >= 11 is 0. The Hall–Kier alpha value is -5.83. The van der Waals surface area contributed by atoms with Gasteiger partial charge in [-0.1, -0.05) is 12.1 Å². The van der Waals surface area contributed by atoms with Crippen LogP contribution in [0.2, 0.25) is 0 Å². The van der Waals surface area contributed by atoms with Crippen LogP contribution in [0.15, 0.2) is 24.3 Å². The van der Waals surface area contributed by atoms with Crippen LogP contribution in [0.5, 0.6) is 5.75 Å². The van der Waals surface area contributed by atoms with Crippen molar-refractivity contribution in [1.82, 2.24) is 10.6 Å². The van der Waals surface area contributed by atoms with Crippen LogP contribution in [0.25, 0.3) is 0 Å². The first-order valence-corrected chi connectivity index (χ1v) is 17.0. The van der Waals surface area contributed by atoms with E-state index in [1.54, 1.807) is 0 Å². The number of ether oxygens (including phenoxy) is 10. The molecule has 2 aliphatic heterocycles. The molecular formula is C35H44N2O19. The highest BCUT2D eigenvalue weighted by molar-refractivity contribution is 5.92. The van der Waals surface area contributed by atoms with Gasteiger partial charge in [0, 0.05) is 55.4 Å². The SMILES string of the molecule is CC(=O)N[C@@H]1[C@H](Oc2ccccc2C(=O)O[C@@H]2O[C@@H](COC(C)=O)[C@@H](OC(C)=O)[C@H](OC(C)=O)[C@H]2NC(C)=O)O[C@@H](COC(C)=O)[C@@H](OC(C)=O)[C@H]1OC(C)=O. The zero-order chi connectivity index (χ0) is 41.9. The molecule has 0 aromatic heterocycles. The fraction of sp³-hybridized carbons (Fsp3) is 0.571. The van der Waals surface area contributed by atoms with Crippen molar-refractivity contribution in [1.29, 1.82) is 0 Å². The van der Waals surface area contributed by atoms with Gasteiger partial charge in [-0.15, -0.1) is 0 Å². The summed E-state index contributed by atoms with van der Waals surface area (Å²) in [6, 6.07) is 2.53. The lowest BCUT2D eigenvalue weighted by Crippen LogP contribution is -2.67. The number of hydrogen-bond donors (Lipinski definition) is 2. The Morgan fingerprint density at radius 2 is 0.911 bits per heavy atom. The molecule has 0 radical (unpaired) electrons. The van der Waals surface area contributed by atoms with E-state index in [-0.39, 0.29) is 11.3 Å². The van der Waals surface area contributed by atoms with Crippen LogP contribution in [-0.4, -0.2) is 128 Å². The third-order valence-electron chi connectivity index (χ3n) is 7.72. The summed E-state index contributed by atoms with van der Waals surface area (Å²) < 4.78 is 55.7. The molecular weight excluding hydrogens is 752 g/mol.